The summed E-state index contributed by atoms with van der Waals surface area (Å²) in [6.07, 6.45) is 7.69. The van der Waals surface area contributed by atoms with Gasteiger partial charge in [-0.2, -0.15) is 0 Å². The lowest BCUT2D eigenvalue weighted by Gasteiger charge is -2.35. The Kier molecular flexibility index (Phi) is 5.92. The molecule has 7 nitrogen and oxygen atoms in total. The van der Waals surface area contributed by atoms with Crippen LogP contribution in [0.15, 0.2) is 24.8 Å². The second-order valence-electron chi connectivity index (χ2n) is 5.87. The summed E-state index contributed by atoms with van der Waals surface area (Å²) in [6.45, 7) is 3.75. The van der Waals surface area contributed by atoms with E-state index in [1.54, 1.807) is 0 Å². The Morgan fingerprint density at radius 3 is 2.61 bits per heavy atom. The zero-order valence-electron chi connectivity index (χ0n) is 13.8. The minimum absolute atomic E-state index is 0. The maximum atomic E-state index is 4.51. The summed E-state index contributed by atoms with van der Waals surface area (Å²) in [5.74, 6) is 1.84. The van der Waals surface area contributed by atoms with E-state index in [1.807, 2.05) is 50.8 Å². The van der Waals surface area contributed by atoms with Crippen molar-refractivity contribution in [3.8, 4) is 0 Å². The van der Waals surface area contributed by atoms with E-state index in [1.165, 1.54) is 0 Å². The van der Waals surface area contributed by atoms with Gasteiger partial charge in [-0.05, 0) is 0 Å². The van der Waals surface area contributed by atoms with E-state index >= 15 is 0 Å². The first-order chi connectivity index (χ1) is 10.6. The highest BCUT2D eigenvalue weighted by Crippen LogP contribution is 2.22. The number of hydrogen-bond acceptors (Lipinski definition) is 6. The molecular weight excluding hydrogens is 314 g/mol. The first kappa shape index (κ1) is 17.7. The highest BCUT2D eigenvalue weighted by Gasteiger charge is 2.26. The van der Waals surface area contributed by atoms with E-state index in [-0.39, 0.29) is 18.4 Å². The van der Waals surface area contributed by atoms with Gasteiger partial charge >= 0.3 is 0 Å². The molecule has 1 N–H and O–H groups in total. The van der Waals surface area contributed by atoms with Crippen LogP contribution in [0.2, 0.25) is 0 Å². The van der Waals surface area contributed by atoms with Gasteiger partial charge in [-0.3, -0.25) is 4.90 Å². The second kappa shape index (κ2) is 7.72. The van der Waals surface area contributed by atoms with Crippen LogP contribution in [-0.2, 0) is 13.6 Å². The molecule has 0 radical (unpaired) electrons. The summed E-state index contributed by atoms with van der Waals surface area (Å²) in [6, 6.07) is 0.280. The SMILES string of the molecule is CN(C)c1ncc(CN2CCNCC2c2nccn2C)cn1.Cl. The molecule has 3 rings (SSSR count). The van der Waals surface area contributed by atoms with Gasteiger partial charge in [-0.25, -0.2) is 15.0 Å². The molecule has 0 spiro atoms. The van der Waals surface area contributed by atoms with Crippen LogP contribution in [0.1, 0.15) is 17.4 Å². The highest BCUT2D eigenvalue weighted by atomic mass is 35.5. The van der Waals surface area contributed by atoms with Crippen molar-refractivity contribution in [2.45, 2.75) is 12.6 Å². The normalized spacial score (nSPS) is 18.5. The molecule has 1 fully saturated rings. The Bertz CT molecular complexity index is 611. The van der Waals surface area contributed by atoms with E-state index in [9.17, 15) is 0 Å². The number of anilines is 1. The molecule has 23 heavy (non-hydrogen) atoms. The van der Waals surface area contributed by atoms with Crippen molar-refractivity contribution in [3.05, 3.63) is 36.2 Å². The Balaban J connectivity index is 0.00000192. The molecule has 0 amide bonds. The monoisotopic (exact) mass is 337 g/mol. The predicted molar refractivity (Wildman–Crippen MR) is 92.8 cm³/mol. The molecule has 2 aromatic heterocycles. The number of aromatic nitrogens is 4. The Morgan fingerprint density at radius 2 is 2.00 bits per heavy atom. The van der Waals surface area contributed by atoms with Crippen LogP contribution in [0.5, 0.6) is 0 Å². The number of nitrogens with zero attached hydrogens (tertiary/aromatic N) is 6. The van der Waals surface area contributed by atoms with Crippen molar-refractivity contribution < 1.29 is 0 Å². The Morgan fingerprint density at radius 1 is 1.26 bits per heavy atom. The molecule has 2 aromatic rings. The van der Waals surface area contributed by atoms with Gasteiger partial charge < -0.3 is 14.8 Å². The molecule has 0 aliphatic carbocycles. The first-order valence-corrected chi connectivity index (χ1v) is 7.55. The van der Waals surface area contributed by atoms with Crippen LogP contribution in [0.4, 0.5) is 5.95 Å². The van der Waals surface area contributed by atoms with Gasteiger partial charge in [0.1, 0.15) is 5.82 Å². The number of halogens is 1. The fourth-order valence-corrected chi connectivity index (χ4v) is 2.78. The maximum Gasteiger partial charge on any atom is 0.224 e. The standard InChI is InChI=1S/C15H23N7.ClH/c1-20(2)15-18-8-12(9-19-15)11-22-7-4-16-10-13(22)14-17-5-6-21(14)3;/h5-6,8-9,13,16H,4,7,10-11H2,1-3H3;1H. The highest BCUT2D eigenvalue weighted by molar-refractivity contribution is 5.85. The van der Waals surface area contributed by atoms with Crippen molar-refractivity contribution in [2.75, 3.05) is 38.6 Å². The van der Waals surface area contributed by atoms with E-state index < -0.39 is 0 Å². The Labute approximate surface area is 143 Å². The molecule has 0 bridgehead atoms. The first-order valence-electron chi connectivity index (χ1n) is 7.55. The van der Waals surface area contributed by atoms with Crippen LogP contribution in [-0.4, -0.2) is 58.1 Å². The average molecular weight is 338 g/mol. The molecule has 1 aliphatic heterocycles. The van der Waals surface area contributed by atoms with Gasteiger partial charge in [-0.15, -0.1) is 12.4 Å². The van der Waals surface area contributed by atoms with Crippen molar-refractivity contribution >= 4 is 18.4 Å². The van der Waals surface area contributed by atoms with Gasteiger partial charge in [0.2, 0.25) is 5.95 Å². The van der Waals surface area contributed by atoms with Crippen LogP contribution in [0.3, 0.4) is 0 Å². The molecule has 126 valence electrons. The summed E-state index contributed by atoms with van der Waals surface area (Å²) in [7, 11) is 5.94. The predicted octanol–water partition coefficient (Wildman–Crippen LogP) is 0.844. The zero-order valence-corrected chi connectivity index (χ0v) is 14.6. The van der Waals surface area contributed by atoms with Gasteiger partial charge in [0.15, 0.2) is 0 Å². The fraction of sp³-hybridized carbons (Fsp3) is 0.533. The third-order valence-corrected chi connectivity index (χ3v) is 3.99. The van der Waals surface area contributed by atoms with Crippen molar-refractivity contribution in [2.24, 2.45) is 7.05 Å². The molecule has 0 aromatic carbocycles. The van der Waals surface area contributed by atoms with Gasteiger partial charge in [-0.1, -0.05) is 0 Å². The molecule has 8 heteroatoms. The van der Waals surface area contributed by atoms with Crippen LogP contribution in [0.25, 0.3) is 0 Å². The van der Waals surface area contributed by atoms with Crippen molar-refractivity contribution in [1.82, 2.24) is 29.7 Å². The summed E-state index contributed by atoms with van der Waals surface area (Å²) >= 11 is 0. The quantitative estimate of drug-likeness (QED) is 0.892. The van der Waals surface area contributed by atoms with Gasteiger partial charge in [0.25, 0.3) is 0 Å². The number of aryl methyl sites for hydroxylation is 1. The minimum atomic E-state index is 0. The fourth-order valence-electron chi connectivity index (χ4n) is 2.78. The lowest BCUT2D eigenvalue weighted by atomic mass is 10.1. The molecule has 3 heterocycles. The van der Waals surface area contributed by atoms with Crippen LogP contribution >= 0.6 is 12.4 Å². The lowest BCUT2D eigenvalue weighted by Crippen LogP contribution is -2.46. The number of nitrogens with one attached hydrogen (secondary N) is 1. The third kappa shape index (κ3) is 3.99. The van der Waals surface area contributed by atoms with Crippen molar-refractivity contribution in [1.29, 1.82) is 0 Å². The third-order valence-electron chi connectivity index (χ3n) is 3.99. The summed E-state index contributed by atoms with van der Waals surface area (Å²) in [4.78, 5) is 17.7. The maximum absolute atomic E-state index is 4.51. The smallest absolute Gasteiger partial charge is 0.224 e. The summed E-state index contributed by atoms with van der Waals surface area (Å²) < 4.78 is 2.09. The Hall–Kier alpha value is -1.70. The van der Waals surface area contributed by atoms with Crippen molar-refractivity contribution in [3.63, 3.8) is 0 Å². The van der Waals surface area contributed by atoms with Crippen LogP contribution in [0, 0.1) is 0 Å². The van der Waals surface area contributed by atoms with Gasteiger partial charge in [0.05, 0.1) is 6.04 Å². The molecule has 1 atom stereocenters. The zero-order chi connectivity index (χ0) is 15.5. The van der Waals surface area contributed by atoms with E-state index in [0.29, 0.717) is 0 Å². The topological polar surface area (TPSA) is 62.1 Å². The van der Waals surface area contributed by atoms with Crippen LogP contribution < -0.4 is 10.2 Å². The molecule has 1 saturated heterocycles. The van der Waals surface area contributed by atoms with E-state index in [4.69, 9.17) is 0 Å². The largest absolute Gasteiger partial charge is 0.347 e. The summed E-state index contributed by atoms with van der Waals surface area (Å²) in [5, 5.41) is 3.46. The molecule has 0 saturated carbocycles. The second-order valence-corrected chi connectivity index (χ2v) is 5.87. The average Bonchev–Trinajstić information content (AvgIpc) is 2.94. The number of imidazole rings is 1. The van der Waals surface area contributed by atoms with Gasteiger partial charge in [0, 0.05) is 77.7 Å². The molecule has 1 aliphatic rings. The van der Waals surface area contributed by atoms with E-state index in [2.05, 4.69) is 29.7 Å². The molecule has 1 unspecified atom stereocenters. The number of hydrogen-bond donors (Lipinski definition) is 1. The number of rotatable bonds is 4. The lowest BCUT2D eigenvalue weighted by molar-refractivity contribution is 0.144. The minimum Gasteiger partial charge on any atom is -0.347 e. The summed E-state index contributed by atoms with van der Waals surface area (Å²) in [5.41, 5.74) is 1.13. The number of piperazine rings is 1. The van der Waals surface area contributed by atoms with E-state index in [0.717, 1.165) is 43.5 Å². The molecular formula is C15H24ClN7.